The van der Waals surface area contributed by atoms with E-state index in [1.165, 1.54) is 0 Å². The van der Waals surface area contributed by atoms with Crippen LogP contribution >= 0.6 is 24.8 Å². The summed E-state index contributed by atoms with van der Waals surface area (Å²) in [5, 5.41) is 9.53. The number of nitrogens with zero attached hydrogens (tertiary/aromatic N) is 3. The molecule has 4 aromatic rings. The third-order valence-corrected chi connectivity index (χ3v) is 5.43. The summed E-state index contributed by atoms with van der Waals surface area (Å²) in [6.07, 6.45) is 0.193. The molecule has 0 spiro atoms. The lowest BCUT2D eigenvalue weighted by atomic mass is 10.1. The van der Waals surface area contributed by atoms with Crippen LogP contribution in [-0.4, -0.2) is 51.8 Å². The Labute approximate surface area is 191 Å². The van der Waals surface area contributed by atoms with Crippen LogP contribution in [-0.2, 0) is 11.2 Å². The van der Waals surface area contributed by atoms with E-state index in [2.05, 4.69) is 15.4 Å². The molecule has 0 atom stereocenters. The molecule has 2 aromatic heterocycles. The standard InChI is InChI=1S/C22H21N5O2.2ClH/c28-19(26-12-10-23-11-13-26)14-18-20-16-8-4-5-9-17(16)24-22(29)21(20)25-27(18)15-6-2-1-3-7-15;;/h1-9,23H,10-14H2,(H,24,29);2*1H. The lowest BCUT2D eigenvalue weighted by molar-refractivity contribution is -0.131. The number of hydrogen-bond donors (Lipinski definition) is 2. The molecule has 1 amide bonds. The van der Waals surface area contributed by atoms with Crippen molar-refractivity contribution in [2.24, 2.45) is 0 Å². The Morgan fingerprint density at radius 3 is 2.39 bits per heavy atom. The molecule has 1 saturated heterocycles. The van der Waals surface area contributed by atoms with Crippen LogP contribution in [0.4, 0.5) is 0 Å². The number of hydrogen-bond acceptors (Lipinski definition) is 4. The highest BCUT2D eigenvalue weighted by atomic mass is 35.5. The molecule has 1 aliphatic heterocycles. The highest BCUT2D eigenvalue weighted by Gasteiger charge is 2.23. The van der Waals surface area contributed by atoms with Crippen molar-refractivity contribution in [3.63, 3.8) is 0 Å². The minimum absolute atomic E-state index is 0. The second kappa shape index (κ2) is 9.51. The normalized spacial score (nSPS) is 13.6. The van der Waals surface area contributed by atoms with Crippen LogP contribution in [0.25, 0.3) is 27.5 Å². The first kappa shape index (κ1) is 22.8. The predicted octanol–water partition coefficient (Wildman–Crippen LogP) is 2.68. The molecule has 1 fully saturated rings. The summed E-state index contributed by atoms with van der Waals surface area (Å²) in [5.41, 5.74) is 2.43. The van der Waals surface area contributed by atoms with E-state index in [0.717, 1.165) is 40.8 Å². The molecule has 1 aliphatic rings. The van der Waals surface area contributed by atoms with Gasteiger partial charge in [0.2, 0.25) is 5.91 Å². The lowest BCUT2D eigenvalue weighted by Gasteiger charge is -2.27. The number of benzene rings is 2. The summed E-state index contributed by atoms with van der Waals surface area (Å²) in [4.78, 5) is 30.6. The van der Waals surface area contributed by atoms with E-state index in [9.17, 15) is 9.59 Å². The van der Waals surface area contributed by atoms with Crippen LogP contribution in [0.3, 0.4) is 0 Å². The molecule has 162 valence electrons. The Kier molecular flexibility index (Phi) is 7.00. The van der Waals surface area contributed by atoms with Gasteiger partial charge in [-0.15, -0.1) is 24.8 Å². The van der Waals surface area contributed by atoms with E-state index in [1.807, 2.05) is 59.5 Å². The largest absolute Gasteiger partial charge is 0.340 e. The summed E-state index contributed by atoms with van der Waals surface area (Å²) in [7, 11) is 0. The molecule has 0 aliphatic carbocycles. The topological polar surface area (TPSA) is 83.0 Å². The van der Waals surface area contributed by atoms with Gasteiger partial charge in [-0.05, 0) is 18.2 Å². The molecule has 9 heteroatoms. The Morgan fingerprint density at radius 2 is 1.65 bits per heavy atom. The Bertz CT molecular complexity index is 1260. The molecule has 3 heterocycles. The quantitative estimate of drug-likeness (QED) is 0.493. The van der Waals surface area contributed by atoms with Crippen LogP contribution in [0.15, 0.2) is 59.4 Å². The van der Waals surface area contributed by atoms with Gasteiger partial charge in [0.05, 0.1) is 17.8 Å². The van der Waals surface area contributed by atoms with Crippen LogP contribution in [0.2, 0.25) is 0 Å². The molecule has 0 bridgehead atoms. The summed E-state index contributed by atoms with van der Waals surface area (Å²) in [6.45, 7) is 2.98. The van der Waals surface area contributed by atoms with Crippen LogP contribution < -0.4 is 10.9 Å². The predicted molar refractivity (Wildman–Crippen MR) is 127 cm³/mol. The van der Waals surface area contributed by atoms with Gasteiger partial charge in [-0.3, -0.25) is 9.59 Å². The number of amides is 1. The van der Waals surface area contributed by atoms with Crippen LogP contribution in [0.1, 0.15) is 5.69 Å². The van der Waals surface area contributed by atoms with Crippen molar-refractivity contribution in [3.8, 4) is 5.69 Å². The fourth-order valence-electron chi connectivity index (χ4n) is 4.00. The van der Waals surface area contributed by atoms with E-state index < -0.39 is 0 Å². The molecule has 31 heavy (non-hydrogen) atoms. The van der Waals surface area contributed by atoms with Crippen molar-refractivity contribution in [3.05, 3.63) is 70.6 Å². The molecule has 2 aromatic carbocycles. The molecule has 2 N–H and O–H groups in total. The Balaban J connectivity index is 0.00000136. The number of aromatic amines is 1. The first-order valence-corrected chi connectivity index (χ1v) is 9.79. The number of pyridine rings is 1. The van der Waals surface area contributed by atoms with Crippen molar-refractivity contribution in [2.45, 2.75) is 6.42 Å². The van der Waals surface area contributed by atoms with Gasteiger partial charge < -0.3 is 15.2 Å². The summed E-state index contributed by atoms with van der Waals surface area (Å²) in [6, 6.07) is 17.3. The van der Waals surface area contributed by atoms with Gasteiger partial charge in [-0.25, -0.2) is 4.68 Å². The third-order valence-electron chi connectivity index (χ3n) is 5.43. The first-order chi connectivity index (χ1) is 14.2. The van der Waals surface area contributed by atoms with Gasteiger partial charge in [0.1, 0.15) is 0 Å². The number of halogens is 2. The van der Waals surface area contributed by atoms with E-state index in [1.54, 1.807) is 4.68 Å². The number of rotatable bonds is 3. The maximum atomic E-state index is 13.1. The van der Waals surface area contributed by atoms with Gasteiger partial charge in [0.15, 0.2) is 5.52 Å². The fraction of sp³-hybridized carbons (Fsp3) is 0.227. The average Bonchev–Trinajstić information content (AvgIpc) is 3.15. The number of H-pyrrole nitrogens is 1. The van der Waals surface area contributed by atoms with E-state index in [4.69, 9.17) is 0 Å². The maximum absolute atomic E-state index is 13.1. The zero-order valence-corrected chi connectivity index (χ0v) is 18.3. The number of nitrogens with one attached hydrogen (secondary N) is 2. The highest BCUT2D eigenvalue weighted by molar-refractivity contribution is 6.06. The highest BCUT2D eigenvalue weighted by Crippen LogP contribution is 2.27. The van der Waals surface area contributed by atoms with Gasteiger partial charge in [0.25, 0.3) is 5.56 Å². The molecule has 7 nitrogen and oxygen atoms in total. The smallest absolute Gasteiger partial charge is 0.276 e. The number of carbonyl (C=O) groups excluding carboxylic acids is 1. The zero-order chi connectivity index (χ0) is 19.8. The Hall–Kier alpha value is -2.87. The second-order valence-electron chi connectivity index (χ2n) is 7.22. The molecule has 0 saturated carbocycles. The number of fused-ring (bicyclic) bond motifs is 3. The van der Waals surface area contributed by atoms with Crippen molar-refractivity contribution in [2.75, 3.05) is 26.2 Å². The molecule has 0 unspecified atom stereocenters. The van der Waals surface area contributed by atoms with Gasteiger partial charge in [-0.2, -0.15) is 5.10 Å². The average molecular weight is 460 g/mol. The number of aromatic nitrogens is 3. The van der Waals surface area contributed by atoms with Crippen LogP contribution in [0.5, 0.6) is 0 Å². The summed E-state index contributed by atoms with van der Waals surface area (Å²) < 4.78 is 1.74. The molecular formula is C22H23Cl2N5O2. The van der Waals surface area contributed by atoms with Crippen molar-refractivity contribution < 1.29 is 4.79 Å². The monoisotopic (exact) mass is 459 g/mol. The fourth-order valence-corrected chi connectivity index (χ4v) is 4.00. The van der Waals surface area contributed by atoms with Gasteiger partial charge in [0, 0.05) is 42.5 Å². The maximum Gasteiger partial charge on any atom is 0.276 e. The third kappa shape index (κ3) is 4.17. The number of carbonyl (C=O) groups is 1. The van der Waals surface area contributed by atoms with Gasteiger partial charge >= 0.3 is 0 Å². The SMILES string of the molecule is Cl.Cl.O=C(Cc1c2c(nn1-c1ccccc1)c(=O)[nH]c1ccccc12)N1CCNCC1. The van der Waals surface area contributed by atoms with E-state index in [-0.39, 0.29) is 42.7 Å². The summed E-state index contributed by atoms with van der Waals surface area (Å²) >= 11 is 0. The van der Waals surface area contributed by atoms with Crippen molar-refractivity contribution in [1.82, 2.24) is 25.0 Å². The van der Waals surface area contributed by atoms with Crippen LogP contribution in [0, 0.1) is 0 Å². The van der Waals surface area contributed by atoms with E-state index in [0.29, 0.717) is 18.6 Å². The second-order valence-corrected chi connectivity index (χ2v) is 7.22. The van der Waals surface area contributed by atoms with Gasteiger partial charge in [-0.1, -0.05) is 36.4 Å². The molecule has 0 radical (unpaired) electrons. The zero-order valence-electron chi connectivity index (χ0n) is 16.7. The first-order valence-electron chi connectivity index (χ1n) is 9.79. The van der Waals surface area contributed by atoms with Crippen molar-refractivity contribution >= 4 is 52.5 Å². The number of piperazine rings is 1. The Morgan fingerprint density at radius 1 is 0.968 bits per heavy atom. The molecular weight excluding hydrogens is 437 g/mol. The number of para-hydroxylation sites is 2. The minimum Gasteiger partial charge on any atom is -0.340 e. The lowest BCUT2D eigenvalue weighted by Crippen LogP contribution is -2.47. The summed E-state index contributed by atoms with van der Waals surface area (Å²) in [5.74, 6) is 0.0508. The van der Waals surface area contributed by atoms with Crippen molar-refractivity contribution in [1.29, 1.82) is 0 Å². The minimum atomic E-state index is -0.246. The molecule has 5 rings (SSSR count). The van der Waals surface area contributed by atoms with E-state index >= 15 is 0 Å².